The van der Waals surface area contributed by atoms with Gasteiger partial charge in [0.2, 0.25) is 0 Å². The Morgan fingerprint density at radius 3 is 2.55 bits per heavy atom. The summed E-state index contributed by atoms with van der Waals surface area (Å²) in [6, 6.07) is 5.98. The molecule has 2 rings (SSSR count). The van der Waals surface area contributed by atoms with Gasteiger partial charge in [-0.05, 0) is 30.8 Å². The topological polar surface area (TPSA) is 97.2 Å². The van der Waals surface area contributed by atoms with E-state index in [0.29, 0.717) is 29.7 Å². The number of aliphatic hydroxyl groups excluding tert-OH is 2. The largest absolute Gasteiger partial charge is 0.394 e. The third-order valence-corrected chi connectivity index (χ3v) is 3.84. The van der Waals surface area contributed by atoms with Gasteiger partial charge in [0, 0.05) is 17.9 Å². The van der Waals surface area contributed by atoms with Gasteiger partial charge in [-0.15, -0.1) is 22.6 Å². The maximum atomic E-state index is 13.1. The van der Waals surface area contributed by atoms with Crippen LogP contribution in [0.4, 0.5) is 4.39 Å². The smallest absolute Gasteiger partial charge is 0.195 e. The van der Waals surface area contributed by atoms with Gasteiger partial charge in [0.25, 0.3) is 0 Å². The summed E-state index contributed by atoms with van der Waals surface area (Å²) in [7, 11) is 0. The van der Waals surface area contributed by atoms with Crippen molar-refractivity contribution in [2.75, 3.05) is 18.9 Å². The molecule has 1 aromatic carbocycles. The van der Waals surface area contributed by atoms with Gasteiger partial charge in [-0.3, -0.25) is 4.57 Å². The van der Waals surface area contributed by atoms with Gasteiger partial charge < -0.3 is 15.9 Å². The molecule has 0 bridgehead atoms. The first-order chi connectivity index (χ1) is 10.2. The third-order valence-electron chi connectivity index (χ3n) is 2.77. The highest BCUT2D eigenvalue weighted by molar-refractivity contribution is 7.99. The number of thioether (sulfide) groups is 1. The summed E-state index contributed by atoms with van der Waals surface area (Å²) in [5.41, 5.74) is 6.29. The highest BCUT2D eigenvalue weighted by Gasteiger charge is 2.15. The average molecular weight is 349 g/mol. The lowest BCUT2D eigenvalue weighted by Gasteiger charge is -2.11. The minimum absolute atomic E-state index is 0. The molecule has 0 unspecified atom stereocenters. The lowest BCUT2D eigenvalue weighted by Crippen LogP contribution is -2.15. The third kappa shape index (κ3) is 4.65. The lowest BCUT2D eigenvalue weighted by atomic mass is 10.3. The molecular formula is C13H18ClFN4O2S. The Labute approximate surface area is 138 Å². The van der Waals surface area contributed by atoms with Crippen LogP contribution in [0, 0.1) is 5.82 Å². The molecule has 0 aliphatic heterocycles. The first kappa shape index (κ1) is 18.9. The Kier molecular flexibility index (Phi) is 7.77. The number of hydrogen-bond acceptors (Lipinski definition) is 6. The fourth-order valence-electron chi connectivity index (χ4n) is 1.76. The summed E-state index contributed by atoms with van der Waals surface area (Å²) in [6.07, 6.45) is -0.292. The van der Waals surface area contributed by atoms with Crippen LogP contribution in [-0.4, -0.2) is 50.0 Å². The zero-order chi connectivity index (χ0) is 15.2. The summed E-state index contributed by atoms with van der Waals surface area (Å²) in [5.74, 6) is 0.639. The summed E-state index contributed by atoms with van der Waals surface area (Å²) in [4.78, 5) is 0. The van der Waals surface area contributed by atoms with E-state index in [1.54, 1.807) is 16.7 Å². The number of aromatic nitrogens is 3. The molecule has 1 atom stereocenters. The van der Waals surface area contributed by atoms with Crippen LogP contribution in [0.5, 0.6) is 0 Å². The van der Waals surface area contributed by atoms with Crippen molar-refractivity contribution in [3.05, 3.63) is 35.9 Å². The van der Waals surface area contributed by atoms with Gasteiger partial charge in [-0.25, -0.2) is 4.39 Å². The molecule has 2 aromatic rings. The normalized spacial score (nSPS) is 12.0. The van der Waals surface area contributed by atoms with Gasteiger partial charge in [-0.1, -0.05) is 11.8 Å². The van der Waals surface area contributed by atoms with Crippen LogP contribution in [0.1, 0.15) is 5.82 Å². The molecule has 0 spiro atoms. The lowest BCUT2D eigenvalue weighted by molar-refractivity contribution is 0.113. The predicted molar refractivity (Wildman–Crippen MR) is 85.1 cm³/mol. The minimum atomic E-state index is -0.827. The molecule has 0 aliphatic carbocycles. The molecule has 0 fully saturated rings. The standard InChI is InChI=1S/C13H17FN4O2S.ClH/c14-9-1-3-10(4-2-9)18-12(5-6-15)16-17-13(18)21-8-11(20)7-19;/h1-4,11,19-20H,5-8,15H2;1H/t11-;/m1./s1. The van der Waals surface area contributed by atoms with E-state index in [9.17, 15) is 9.50 Å². The molecule has 0 aliphatic rings. The Bertz CT molecular complexity index is 582. The van der Waals surface area contributed by atoms with Crippen LogP contribution >= 0.6 is 24.2 Å². The van der Waals surface area contributed by atoms with Crippen molar-refractivity contribution in [2.24, 2.45) is 5.73 Å². The summed E-state index contributed by atoms with van der Waals surface area (Å²) in [6.45, 7) is 0.108. The second-order valence-corrected chi connectivity index (χ2v) is 5.38. The number of nitrogens with zero attached hydrogens (tertiary/aromatic N) is 3. The molecule has 9 heteroatoms. The first-order valence-corrected chi connectivity index (χ1v) is 7.46. The number of halogens is 2. The van der Waals surface area contributed by atoms with E-state index in [1.165, 1.54) is 23.9 Å². The maximum Gasteiger partial charge on any atom is 0.195 e. The number of benzene rings is 1. The molecule has 0 saturated heterocycles. The monoisotopic (exact) mass is 348 g/mol. The van der Waals surface area contributed by atoms with Crippen molar-refractivity contribution in [1.29, 1.82) is 0 Å². The Morgan fingerprint density at radius 1 is 1.27 bits per heavy atom. The fourth-order valence-corrected chi connectivity index (χ4v) is 2.64. The van der Waals surface area contributed by atoms with Crippen molar-refractivity contribution in [1.82, 2.24) is 14.8 Å². The van der Waals surface area contributed by atoms with E-state index in [-0.39, 0.29) is 24.8 Å². The zero-order valence-electron chi connectivity index (χ0n) is 11.7. The molecule has 0 radical (unpaired) electrons. The second-order valence-electron chi connectivity index (χ2n) is 4.40. The van der Waals surface area contributed by atoms with Crippen LogP contribution in [-0.2, 0) is 6.42 Å². The molecule has 122 valence electrons. The molecule has 22 heavy (non-hydrogen) atoms. The molecule has 0 saturated carbocycles. The van der Waals surface area contributed by atoms with Crippen molar-refractivity contribution in [3.8, 4) is 5.69 Å². The van der Waals surface area contributed by atoms with Crippen LogP contribution < -0.4 is 5.73 Å². The maximum absolute atomic E-state index is 13.1. The van der Waals surface area contributed by atoms with Crippen molar-refractivity contribution in [3.63, 3.8) is 0 Å². The summed E-state index contributed by atoms with van der Waals surface area (Å²) < 4.78 is 14.8. The van der Waals surface area contributed by atoms with Crippen LogP contribution in [0.25, 0.3) is 5.69 Å². The molecule has 1 aromatic heterocycles. The van der Waals surface area contributed by atoms with Crippen LogP contribution in [0.3, 0.4) is 0 Å². The minimum Gasteiger partial charge on any atom is -0.394 e. The van der Waals surface area contributed by atoms with Crippen LogP contribution in [0.15, 0.2) is 29.4 Å². The highest BCUT2D eigenvalue weighted by atomic mass is 35.5. The number of hydrogen-bond donors (Lipinski definition) is 3. The quantitative estimate of drug-likeness (QED) is 0.640. The Morgan fingerprint density at radius 2 is 1.95 bits per heavy atom. The van der Waals surface area contributed by atoms with Gasteiger partial charge in [0.1, 0.15) is 11.6 Å². The van der Waals surface area contributed by atoms with E-state index < -0.39 is 6.10 Å². The molecule has 6 nitrogen and oxygen atoms in total. The first-order valence-electron chi connectivity index (χ1n) is 6.47. The number of nitrogens with two attached hydrogens (primary N) is 1. The summed E-state index contributed by atoms with van der Waals surface area (Å²) in [5, 5.41) is 27.0. The zero-order valence-corrected chi connectivity index (χ0v) is 13.4. The predicted octanol–water partition coefficient (Wildman–Crippen LogP) is 0.775. The van der Waals surface area contributed by atoms with E-state index in [4.69, 9.17) is 10.8 Å². The van der Waals surface area contributed by atoms with Crippen molar-refractivity contribution >= 4 is 24.2 Å². The number of rotatable bonds is 7. The molecule has 0 amide bonds. The van der Waals surface area contributed by atoms with Crippen molar-refractivity contribution in [2.45, 2.75) is 17.7 Å². The van der Waals surface area contributed by atoms with Gasteiger partial charge in [-0.2, -0.15) is 0 Å². The van der Waals surface area contributed by atoms with Gasteiger partial charge >= 0.3 is 0 Å². The fraction of sp³-hybridized carbons (Fsp3) is 0.385. The SMILES string of the molecule is Cl.NCCc1nnc(SC[C@H](O)CO)n1-c1ccc(F)cc1. The molecular weight excluding hydrogens is 331 g/mol. The average Bonchev–Trinajstić information content (AvgIpc) is 2.89. The van der Waals surface area contributed by atoms with Gasteiger partial charge in [0.15, 0.2) is 5.16 Å². The second kappa shape index (κ2) is 9.06. The van der Waals surface area contributed by atoms with Gasteiger partial charge in [0.05, 0.1) is 12.7 Å². The Hall–Kier alpha value is -1.19. The summed E-state index contributed by atoms with van der Waals surface area (Å²) >= 11 is 1.27. The van der Waals surface area contributed by atoms with E-state index in [1.807, 2.05) is 0 Å². The molecule has 1 heterocycles. The van der Waals surface area contributed by atoms with E-state index in [2.05, 4.69) is 10.2 Å². The van der Waals surface area contributed by atoms with Crippen LogP contribution in [0.2, 0.25) is 0 Å². The van der Waals surface area contributed by atoms with E-state index >= 15 is 0 Å². The van der Waals surface area contributed by atoms with Crippen molar-refractivity contribution < 1.29 is 14.6 Å². The van der Waals surface area contributed by atoms with E-state index in [0.717, 1.165) is 5.69 Å². The Balaban J connectivity index is 0.00000242. The number of aliphatic hydroxyl groups is 2. The highest BCUT2D eigenvalue weighted by Crippen LogP contribution is 2.23. The molecule has 4 N–H and O–H groups in total.